The van der Waals surface area contributed by atoms with Gasteiger partial charge in [0.2, 0.25) is 11.8 Å². The number of nitrogens with zero attached hydrogens (tertiary/aromatic N) is 1. The Bertz CT molecular complexity index is 625. The zero-order valence-corrected chi connectivity index (χ0v) is 14.3. The SMILES string of the molecule is O=C(NC[C@H](O)c1cccc(F)c1)C1CCN(C(=O)C2CCC2)CC1. The predicted molar refractivity (Wildman–Crippen MR) is 91.0 cm³/mol. The molecule has 1 saturated heterocycles. The third kappa shape index (κ3) is 4.37. The molecule has 0 spiro atoms. The number of carbonyl (C=O) groups is 2. The van der Waals surface area contributed by atoms with Crippen LogP contribution < -0.4 is 5.32 Å². The summed E-state index contributed by atoms with van der Waals surface area (Å²) in [5.41, 5.74) is 0.446. The number of aliphatic hydroxyl groups excluding tert-OH is 1. The fourth-order valence-corrected chi connectivity index (χ4v) is 3.45. The van der Waals surface area contributed by atoms with E-state index in [1.54, 1.807) is 6.07 Å². The Labute approximate surface area is 147 Å². The van der Waals surface area contributed by atoms with Gasteiger partial charge in [-0.05, 0) is 43.4 Å². The van der Waals surface area contributed by atoms with Crippen molar-refractivity contribution in [3.05, 3.63) is 35.6 Å². The van der Waals surface area contributed by atoms with Gasteiger partial charge in [-0.3, -0.25) is 9.59 Å². The van der Waals surface area contributed by atoms with E-state index >= 15 is 0 Å². The molecule has 2 aliphatic rings. The second-order valence-electron chi connectivity index (χ2n) is 7.04. The summed E-state index contributed by atoms with van der Waals surface area (Å²) < 4.78 is 13.2. The average Bonchev–Trinajstić information content (AvgIpc) is 2.58. The molecular formula is C19H25FN2O3. The van der Waals surface area contributed by atoms with E-state index in [0.717, 1.165) is 19.3 Å². The predicted octanol–water partition coefficient (Wildman–Crippen LogP) is 2.01. The molecule has 0 aromatic heterocycles. The molecule has 0 radical (unpaired) electrons. The number of hydrogen-bond acceptors (Lipinski definition) is 3. The van der Waals surface area contributed by atoms with Gasteiger partial charge >= 0.3 is 0 Å². The monoisotopic (exact) mass is 348 g/mol. The quantitative estimate of drug-likeness (QED) is 0.855. The van der Waals surface area contributed by atoms with Gasteiger partial charge < -0.3 is 15.3 Å². The number of nitrogens with one attached hydrogen (secondary N) is 1. The van der Waals surface area contributed by atoms with Gasteiger partial charge in [-0.1, -0.05) is 18.6 Å². The third-order valence-electron chi connectivity index (χ3n) is 5.33. The minimum Gasteiger partial charge on any atom is -0.387 e. The molecule has 0 bridgehead atoms. The number of amides is 2. The van der Waals surface area contributed by atoms with Crippen LogP contribution in [0.3, 0.4) is 0 Å². The smallest absolute Gasteiger partial charge is 0.225 e. The largest absolute Gasteiger partial charge is 0.387 e. The van der Waals surface area contributed by atoms with E-state index in [0.29, 0.717) is 31.5 Å². The van der Waals surface area contributed by atoms with Crippen LogP contribution in [0.25, 0.3) is 0 Å². The fraction of sp³-hybridized carbons (Fsp3) is 0.579. The number of carbonyl (C=O) groups excluding carboxylic acids is 2. The standard InChI is InChI=1S/C19H25FN2O3/c20-16-6-2-5-15(11-16)17(23)12-21-18(24)13-7-9-22(10-8-13)19(25)14-3-1-4-14/h2,5-6,11,13-14,17,23H,1,3-4,7-10,12H2,(H,21,24)/t17-/m0/s1. The minimum atomic E-state index is -0.931. The molecule has 1 aromatic rings. The third-order valence-corrected chi connectivity index (χ3v) is 5.33. The number of piperidine rings is 1. The first-order chi connectivity index (χ1) is 12.0. The Morgan fingerprint density at radius 1 is 1.20 bits per heavy atom. The molecule has 2 amide bonds. The topological polar surface area (TPSA) is 69.6 Å². The molecule has 25 heavy (non-hydrogen) atoms. The normalized spacial score (nSPS) is 20.0. The maximum absolute atomic E-state index is 13.2. The lowest BCUT2D eigenvalue weighted by Crippen LogP contribution is -2.46. The summed E-state index contributed by atoms with van der Waals surface area (Å²) in [5.74, 6) is -0.207. The summed E-state index contributed by atoms with van der Waals surface area (Å²) in [6.45, 7) is 1.31. The molecule has 0 unspecified atom stereocenters. The van der Waals surface area contributed by atoms with Gasteiger partial charge in [0.25, 0.3) is 0 Å². The average molecular weight is 348 g/mol. The van der Waals surface area contributed by atoms with E-state index in [1.807, 2.05) is 4.90 Å². The van der Waals surface area contributed by atoms with Crippen LogP contribution in [0.2, 0.25) is 0 Å². The molecule has 3 rings (SSSR count). The van der Waals surface area contributed by atoms with Crippen molar-refractivity contribution in [1.82, 2.24) is 10.2 Å². The van der Waals surface area contributed by atoms with Gasteiger partial charge in [0.1, 0.15) is 5.82 Å². The van der Waals surface area contributed by atoms with Crippen LogP contribution in [0, 0.1) is 17.7 Å². The molecule has 1 heterocycles. The van der Waals surface area contributed by atoms with Crippen molar-refractivity contribution in [2.75, 3.05) is 19.6 Å². The highest BCUT2D eigenvalue weighted by Crippen LogP contribution is 2.30. The lowest BCUT2D eigenvalue weighted by molar-refractivity contribution is -0.141. The Kier molecular flexibility index (Phi) is 5.68. The molecular weight excluding hydrogens is 323 g/mol. The number of rotatable bonds is 5. The number of likely N-dealkylation sites (tertiary alicyclic amines) is 1. The van der Waals surface area contributed by atoms with Crippen LogP contribution in [0.1, 0.15) is 43.8 Å². The Balaban J connectivity index is 1.42. The van der Waals surface area contributed by atoms with Gasteiger partial charge in [-0.2, -0.15) is 0 Å². The number of hydrogen-bond donors (Lipinski definition) is 2. The van der Waals surface area contributed by atoms with Crippen molar-refractivity contribution < 1.29 is 19.1 Å². The van der Waals surface area contributed by atoms with Gasteiger partial charge in [-0.15, -0.1) is 0 Å². The second-order valence-corrected chi connectivity index (χ2v) is 7.04. The van der Waals surface area contributed by atoms with Gasteiger partial charge in [0, 0.05) is 31.5 Å². The minimum absolute atomic E-state index is 0.0590. The van der Waals surface area contributed by atoms with Crippen LogP contribution in [0.5, 0.6) is 0 Å². The molecule has 1 atom stereocenters. The van der Waals surface area contributed by atoms with E-state index in [-0.39, 0.29) is 30.2 Å². The van der Waals surface area contributed by atoms with Gasteiger partial charge in [0.05, 0.1) is 6.10 Å². The van der Waals surface area contributed by atoms with Crippen molar-refractivity contribution >= 4 is 11.8 Å². The van der Waals surface area contributed by atoms with Crippen LogP contribution in [-0.2, 0) is 9.59 Å². The number of benzene rings is 1. The van der Waals surface area contributed by atoms with Crippen molar-refractivity contribution in [2.45, 2.75) is 38.2 Å². The zero-order valence-electron chi connectivity index (χ0n) is 14.3. The molecule has 1 aromatic carbocycles. The van der Waals surface area contributed by atoms with E-state index in [2.05, 4.69) is 5.32 Å². The zero-order chi connectivity index (χ0) is 17.8. The van der Waals surface area contributed by atoms with Gasteiger partial charge in [-0.25, -0.2) is 4.39 Å². The van der Waals surface area contributed by atoms with Crippen molar-refractivity contribution in [3.63, 3.8) is 0 Å². The Morgan fingerprint density at radius 3 is 2.52 bits per heavy atom. The Hall–Kier alpha value is -1.95. The van der Waals surface area contributed by atoms with Crippen LogP contribution >= 0.6 is 0 Å². The van der Waals surface area contributed by atoms with Crippen LogP contribution in [-0.4, -0.2) is 41.5 Å². The molecule has 1 saturated carbocycles. The van der Waals surface area contributed by atoms with Crippen molar-refractivity contribution in [3.8, 4) is 0 Å². The maximum Gasteiger partial charge on any atom is 0.225 e. The van der Waals surface area contributed by atoms with E-state index in [9.17, 15) is 19.1 Å². The first-order valence-corrected chi connectivity index (χ1v) is 9.04. The highest BCUT2D eigenvalue weighted by Gasteiger charge is 2.33. The highest BCUT2D eigenvalue weighted by molar-refractivity contribution is 5.81. The summed E-state index contributed by atoms with van der Waals surface area (Å²) in [7, 11) is 0. The molecule has 1 aliphatic carbocycles. The van der Waals surface area contributed by atoms with Crippen LogP contribution in [0.4, 0.5) is 4.39 Å². The lowest BCUT2D eigenvalue weighted by Gasteiger charge is -2.36. The van der Waals surface area contributed by atoms with Gasteiger partial charge in [0.15, 0.2) is 0 Å². The summed E-state index contributed by atoms with van der Waals surface area (Å²) >= 11 is 0. The lowest BCUT2D eigenvalue weighted by atomic mass is 9.83. The summed E-state index contributed by atoms with van der Waals surface area (Å²) in [6, 6.07) is 5.74. The molecule has 1 aliphatic heterocycles. The van der Waals surface area contributed by atoms with E-state index in [4.69, 9.17) is 0 Å². The summed E-state index contributed by atoms with van der Waals surface area (Å²) in [6.07, 6.45) is 3.51. The van der Waals surface area contributed by atoms with Crippen molar-refractivity contribution in [2.24, 2.45) is 11.8 Å². The molecule has 2 fully saturated rings. The fourth-order valence-electron chi connectivity index (χ4n) is 3.45. The number of aliphatic hydroxyl groups is 1. The number of halogens is 1. The second kappa shape index (κ2) is 7.95. The first kappa shape index (κ1) is 17.9. The van der Waals surface area contributed by atoms with Crippen LogP contribution in [0.15, 0.2) is 24.3 Å². The highest BCUT2D eigenvalue weighted by atomic mass is 19.1. The van der Waals surface area contributed by atoms with E-state index in [1.165, 1.54) is 18.2 Å². The van der Waals surface area contributed by atoms with Crippen molar-refractivity contribution in [1.29, 1.82) is 0 Å². The maximum atomic E-state index is 13.2. The first-order valence-electron chi connectivity index (χ1n) is 9.04. The molecule has 2 N–H and O–H groups in total. The Morgan fingerprint density at radius 2 is 1.92 bits per heavy atom. The summed E-state index contributed by atoms with van der Waals surface area (Å²) in [5, 5.41) is 12.8. The molecule has 5 nitrogen and oxygen atoms in total. The summed E-state index contributed by atoms with van der Waals surface area (Å²) in [4.78, 5) is 26.4. The molecule has 6 heteroatoms. The van der Waals surface area contributed by atoms with E-state index < -0.39 is 11.9 Å². The molecule has 136 valence electrons.